The molecule has 0 saturated carbocycles. The van der Waals surface area contributed by atoms with Gasteiger partial charge in [0.1, 0.15) is 11.3 Å². The first-order chi connectivity index (χ1) is 14.0. The number of nitrogens with zero attached hydrogens (tertiary/aromatic N) is 5. The highest BCUT2D eigenvalue weighted by Crippen LogP contribution is 2.23. The van der Waals surface area contributed by atoms with E-state index in [2.05, 4.69) is 20.6 Å². The summed E-state index contributed by atoms with van der Waals surface area (Å²) in [5.74, 6) is 0.405. The lowest BCUT2D eigenvalue weighted by Crippen LogP contribution is -2.27. The minimum absolute atomic E-state index is 0.118. The third-order valence-electron chi connectivity index (χ3n) is 4.89. The van der Waals surface area contributed by atoms with Crippen LogP contribution in [-0.2, 0) is 21.4 Å². The van der Waals surface area contributed by atoms with Crippen LogP contribution in [-0.4, -0.2) is 51.7 Å². The fourth-order valence-electron chi connectivity index (χ4n) is 3.39. The molecule has 0 aliphatic carbocycles. The average Bonchev–Trinajstić information content (AvgIpc) is 3.39. The molecular formula is C19H22N6O3S. The van der Waals surface area contributed by atoms with Gasteiger partial charge in [0.15, 0.2) is 0 Å². The maximum Gasteiger partial charge on any atom is 0.243 e. The minimum Gasteiger partial charge on any atom is -0.311 e. The van der Waals surface area contributed by atoms with Crippen LogP contribution in [0.25, 0.3) is 11.0 Å². The summed E-state index contributed by atoms with van der Waals surface area (Å²) in [4.78, 5) is 16.3. The summed E-state index contributed by atoms with van der Waals surface area (Å²) in [7, 11) is -3.48. The topological polar surface area (TPSA) is 110 Å². The summed E-state index contributed by atoms with van der Waals surface area (Å²) in [6.07, 6.45) is 4.30. The molecule has 3 heterocycles. The number of hydrogen-bond donors (Lipinski definition) is 1. The molecule has 0 bridgehead atoms. The SMILES string of the molecule is O=C(CCCn1nnc2cc(S(=O)(=O)N3CCCC3)ccc21)Nc1ccccn1. The van der Waals surface area contributed by atoms with Crippen molar-refractivity contribution in [2.75, 3.05) is 18.4 Å². The molecule has 1 N–H and O–H groups in total. The fourth-order valence-corrected chi connectivity index (χ4v) is 4.92. The molecule has 0 unspecified atom stereocenters. The molecular weight excluding hydrogens is 392 g/mol. The molecule has 1 aromatic carbocycles. The number of hydrogen-bond acceptors (Lipinski definition) is 6. The number of aryl methyl sites for hydroxylation is 1. The first kappa shape index (κ1) is 19.5. The maximum atomic E-state index is 12.7. The summed E-state index contributed by atoms with van der Waals surface area (Å²) in [5, 5.41) is 11.0. The van der Waals surface area contributed by atoms with Crippen molar-refractivity contribution in [2.24, 2.45) is 0 Å². The molecule has 3 aromatic rings. The van der Waals surface area contributed by atoms with Gasteiger partial charge in [-0.1, -0.05) is 11.3 Å². The molecule has 4 rings (SSSR count). The largest absolute Gasteiger partial charge is 0.311 e. The van der Waals surface area contributed by atoms with Gasteiger partial charge in [-0.3, -0.25) is 4.79 Å². The Morgan fingerprint density at radius 3 is 2.72 bits per heavy atom. The summed E-state index contributed by atoms with van der Waals surface area (Å²) >= 11 is 0. The van der Waals surface area contributed by atoms with Crippen molar-refractivity contribution in [1.29, 1.82) is 0 Å². The normalized spacial score (nSPS) is 15.0. The van der Waals surface area contributed by atoms with Crippen molar-refractivity contribution in [3.8, 4) is 0 Å². The molecule has 10 heteroatoms. The lowest BCUT2D eigenvalue weighted by atomic mass is 10.2. The van der Waals surface area contributed by atoms with Gasteiger partial charge in [-0.25, -0.2) is 18.1 Å². The van der Waals surface area contributed by atoms with Crippen molar-refractivity contribution >= 4 is 32.8 Å². The zero-order chi connectivity index (χ0) is 20.3. The van der Waals surface area contributed by atoms with E-state index >= 15 is 0 Å². The third-order valence-corrected chi connectivity index (χ3v) is 6.79. The molecule has 0 radical (unpaired) electrons. The van der Waals surface area contributed by atoms with E-state index in [-0.39, 0.29) is 10.8 Å². The number of fused-ring (bicyclic) bond motifs is 1. The van der Waals surface area contributed by atoms with Gasteiger partial charge in [0.2, 0.25) is 15.9 Å². The number of nitrogens with one attached hydrogen (secondary N) is 1. The van der Waals surface area contributed by atoms with Crippen molar-refractivity contribution in [3.63, 3.8) is 0 Å². The molecule has 1 amide bonds. The minimum atomic E-state index is -3.48. The van der Waals surface area contributed by atoms with E-state index in [1.165, 1.54) is 4.31 Å². The monoisotopic (exact) mass is 414 g/mol. The summed E-state index contributed by atoms with van der Waals surface area (Å²) in [6.45, 7) is 1.63. The first-order valence-corrected chi connectivity index (χ1v) is 11.0. The predicted molar refractivity (Wildman–Crippen MR) is 108 cm³/mol. The predicted octanol–water partition coefficient (Wildman–Crippen LogP) is 2.03. The smallest absolute Gasteiger partial charge is 0.243 e. The molecule has 1 saturated heterocycles. The number of rotatable bonds is 7. The number of carbonyl (C=O) groups excluding carboxylic acids is 1. The second-order valence-corrected chi connectivity index (χ2v) is 8.88. The van der Waals surface area contributed by atoms with Crippen LogP contribution in [0.5, 0.6) is 0 Å². The van der Waals surface area contributed by atoms with E-state index in [9.17, 15) is 13.2 Å². The van der Waals surface area contributed by atoms with Crippen LogP contribution < -0.4 is 5.32 Å². The molecule has 1 fully saturated rings. The van der Waals surface area contributed by atoms with E-state index < -0.39 is 10.0 Å². The van der Waals surface area contributed by atoms with E-state index in [1.807, 2.05) is 6.07 Å². The van der Waals surface area contributed by atoms with Gasteiger partial charge in [-0.15, -0.1) is 5.10 Å². The van der Waals surface area contributed by atoms with Crippen molar-refractivity contribution in [2.45, 2.75) is 37.1 Å². The van der Waals surface area contributed by atoms with Crippen molar-refractivity contribution < 1.29 is 13.2 Å². The van der Waals surface area contributed by atoms with Crippen LogP contribution >= 0.6 is 0 Å². The quantitative estimate of drug-likeness (QED) is 0.633. The second-order valence-electron chi connectivity index (χ2n) is 6.94. The van der Waals surface area contributed by atoms with Crippen LogP contribution in [0.4, 0.5) is 5.82 Å². The van der Waals surface area contributed by atoms with Gasteiger partial charge < -0.3 is 5.32 Å². The standard InChI is InChI=1S/C19H22N6O3S/c26-19(21-18-6-1-2-10-20-18)7-5-13-25-17-9-8-15(14-16(17)22-23-25)29(27,28)24-11-3-4-12-24/h1-2,6,8-10,14H,3-5,7,11-13H2,(H,20,21,26). The van der Waals surface area contributed by atoms with E-state index in [0.29, 0.717) is 43.8 Å². The Morgan fingerprint density at radius 1 is 1.14 bits per heavy atom. The highest BCUT2D eigenvalue weighted by Gasteiger charge is 2.27. The first-order valence-electron chi connectivity index (χ1n) is 9.58. The maximum absolute atomic E-state index is 12.7. The number of aromatic nitrogens is 4. The number of benzene rings is 1. The summed E-state index contributed by atoms with van der Waals surface area (Å²) in [6, 6.07) is 10.2. The van der Waals surface area contributed by atoms with Crippen LogP contribution in [0.15, 0.2) is 47.5 Å². The van der Waals surface area contributed by atoms with E-state index in [0.717, 1.165) is 18.4 Å². The Hall–Kier alpha value is -2.85. The van der Waals surface area contributed by atoms with Crippen LogP contribution in [0.1, 0.15) is 25.7 Å². The van der Waals surface area contributed by atoms with Crippen molar-refractivity contribution in [1.82, 2.24) is 24.3 Å². The summed E-state index contributed by atoms with van der Waals surface area (Å²) < 4.78 is 28.6. The zero-order valence-electron chi connectivity index (χ0n) is 15.9. The van der Waals surface area contributed by atoms with E-state index in [1.54, 1.807) is 41.2 Å². The number of amides is 1. The number of pyridine rings is 1. The number of anilines is 1. The van der Waals surface area contributed by atoms with Crippen LogP contribution in [0, 0.1) is 0 Å². The molecule has 29 heavy (non-hydrogen) atoms. The molecule has 0 atom stereocenters. The molecule has 0 spiro atoms. The molecule has 152 valence electrons. The molecule has 1 aliphatic rings. The van der Waals surface area contributed by atoms with Crippen LogP contribution in [0.2, 0.25) is 0 Å². The lowest BCUT2D eigenvalue weighted by Gasteiger charge is -2.15. The highest BCUT2D eigenvalue weighted by atomic mass is 32.2. The van der Waals surface area contributed by atoms with Gasteiger partial charge >= 0.3 is 0 Å². The Morgan fingerprint density at radius 2 is 1.97 bits per heavy atom. The van der Waals surface area contributed by atoms with Gasteiger partial charge in [-0.2, -0.15) is 4.31 Å². The van der Waals surface area contributed by atoms with Gasteiger partial charge in [-0.05, 0) is 49.6 Å². The molecule has 9 nitrogen and oxygen atoms in total. The lowest BCUT2D eigenvalue weighted by molar-refractivity contribution is -0.116. The Kier molecular flexibility index (Phi) is 5.54. The number of sulfonamides is 1. The van der Waals surface area contributed by atoms with Gasteiger partial charge in [0.05, 0.1) is 10.4 Å². The highest BCUT2D eigenvalue weighted by molar-refractivity contribution is 7.89. The van der Waals surface area contributed by atoms with Crippen LogP contribution in [0.3, 0.4) is 0 Å². The molecule has 1 aliphatic heterocycles. The van der Waals surface area contributed by atoms with Crippen molar-refractivity contribution in [3.05, 3.63) is 42.6 Å². The zero-order valence-corrected chi connectivity index (χ0v) is 16.7. The summed E-state index contributed by atoms with van der Waals surface area (Å²) in [5.41, 5.74) is 1.28. The second kappa shape index (κ2) is 8.26. The van der Waals surface area contributed by atoms with E-state index in [4.69, 9.17) is 0 Å². The average molecular weight is 414 g/mol. The Bertz CT molecular complexity index is 1110. The Balaban J connectivity index is 1.39. The molecule has 2 aromatic heterocycles. The fraction of sp³-hybridized carbons (Fsp3) is 0.368. The van der Waals surface area contributed by atoms with Gasteiger partial charge in [0.25, 0.3) is 0 Å². The number of carbonyl (C=O) groups is 1. The third kappa shape index (κ3) is 4.28. The van der Waals surface area contributed by atoms with Gasteiger partial charge in [0, 0.05) is 32.3 Å². The Labute approximate surface area is 168 Å².